The fraction of sp³-hybridized carbons (Fsp3) is 0.176. The van der Waals surface area contributed by atoms with Gasteiger partial charge in [0.05, 0.1) is 10.5 Å². The number of benzene rings is 2. The van der Waals surface area contributed by atoms with E-state index in [9.17, 15) is 18.0 Å². The summed E-state index contributed by atoms with van der Waals surface area (Å²) >= 11 is 5.77. The number of halogens is 1. The van der Waals surface area contributed by atoms with Crippen molar-refractivity contribution in [3.8, 4) is 0 Å². The number of carbonyl (C=O) groups is 2. The molecule has 0 amide bonds. The standard InChI is InChI=1S/C17H15ClO5S/c1-11(16(19)12-7-9-13(18)10-8-12)23-17(20)14-5-3-4-6-15(14)24(2,21)22/h3-11H,1-2H3/t11-/m0/s1. The van der Waals surface area contributed by atoms with Gasteiger partial charge in [-0.25, -0.2) is 13.2 Å². The van der Waals surface area contributed by atoms with Gasteiger partial charge in [-0.1, -0.05) is 23.7 Å². The van der Waals surface area contributed by atoms with Crippen molar-refractivity contribution in [1.29, 1.82) is 0 Å². The summed E-state index contributed by atoms with van der Waals surface area (Å²) in [5.41, 5.74) is 0.242. The molecule has 0 unspecified atom stereocenters. The summed E-state index contributed by atoms with van der Waals surface area (Å²) in [5, 5.41) is 0.485. The number of carbonyl (C=O) groups excluding carboxylic acids is 2. The van der Waals surface area contributed by atoms with Crippen LogP contribution in [0.3, 0.4) is 0 Å². The second-order valence-corrected chi connectivity index (χ2v) is 7.61. The van der Waals surface area contributed by atoms with Gasteiger partial charge in [0, 0.05) is 16.8 Å². The van der Waals surface area contributed by atoms with Crippen molar-refractivity contribution in [2.75, 3.05) is 6.26 Å². The highest BCUT2D eigenvalue weighted by atomic mass is 35.5. The second kappa shape index (κ2) is 7.15. The maximum Gasteiger partial charge on any atom is 0.340 e. The molecule has 2 aromatic carbocycles. The van der Waals surface area contributed by atoms with Crippen LogP contribution in [0.25, 0.3) is 0 Å². The number of ether oxygens (including phenoxy) is 1. The molecule has 7 heteroatoms. The Labute approximate surface area is 145 Å². The third kappa shape index (κ3) is 4.21. The number of sulfone groups is 1. The Kier molecular flexibility index (Phi) is 5.41. The molecule has 0 N–H and O–H groups in total. The second-order valence-electron chi connectivity index (χ2n) is 5.19. The Morgan fingerprint density at radius 3 is 2.21 bits per heavy atom. The summed E-state index contributed by atoms with van der Waals surface area (Å²) in [6.45, 7) is 1.43. The van der Waals surface area contributed by atoms with E-state index in [-0.39, 0.29) is 10.5 Å². The zero-order valence-corrected chi connectivity index (χ0v) is 14.6. The SMILES string of the molecule is C[C@H](OC(=O)c1ccccc1S(C)(=O)=O)C(=O)c1ccc(Cl)cc1. The molecule has 0 heterocycles. The summed E-state index contributed by atoms with van der Waals surface area (Å²) in [6, 6.07) is 11.9. The molecule has 0 saturated carbocycles. The van der Waals surface area contributed by atoms with Gasteiger partial charge < -0.3 is 4.74 Å². The third-order valence-electron chi connectivity index (χ3n) is 3.29. The minimum Gasteiger partial charge on any atom is -0.451 e. The van der Waals surface area contributed by atoms with E-state index in [2.05, 4.69) is 0 Å². The van der Waals surface area contributed by atoms with Gasteiger partial charge in [0.15, 0.2) is 15.9 Å². The quantitative estimate of drug-likeness (QED) is 0.600. The maximum atomic E-state index is 12.3. The van der Waals surface area contributed by atoms with Crippen LogP contribution >= 0.6 is 11.6 Å². The zero-order chi connectivity index (χ0) is 17.9. The van der Waals surface area contributed by atoms with Crippen molar-refractivity contribution in [2.24, 2.45) is 0 Å². The molecule has 0 aromatic heterocycles. The van der Waals surface area contributed by atoms with Crippen LogP contribution in [0.2, 0.25) is 5.02 Å². The van der Waals surface area contributed by atoms with Crippen LogP contribution in [0.5, 0.6) is 0 Å². The molecule has 0 spiro atoms. The molecule has 0 fully saturated rings. The number of hydrogen-bond donors (Lipinski definition) is 0. The van der Waals surface area contributed by atoms with E-state index in [1.807, 2.05) is 0 Å². The van der Waals surface area contributed by atoms with E-state index < -0.39 is 27.7 Å². The van der Waals surface area contributed by atoms with Crippen LogP contribution in [0, 0.1) is 0 Å². The largest absolute Gasteiger partial charge is 0.451 e. The lowest BCUT2D eigenvalue weighted by atomic mass is 10.1. The minimum absolute atomic E-state index is 0.101. The van der Waals surface area contributed by atoms with E-state index in [1.165, 1.54) is 43.3 Å². The van der Waals surface area contributed by atoms with Gasteiger partial charge in [-0.3, -0.25) is 4.79 Å². The molecule has 24 heavy (non-hydrogen) atoms. The topological polar surface area (TPSA) is 77.5 Å². The fourth-order valence-corrected chi connectivity index (χ4v) is 3.09. The average molecular weight is 367 g/mol. The normalized spacial score (nSPS) is 12.5. The Hall–Kier alpha value is -2.18. The summed E-state index contributed by atoms with van der Waals surface area (Å²) in [4.78, 5) is 24.4. The van der Waals surface area contributed by atoms with E-state index in [4.69, 9.17) is 16.3 Å². The van der Waals surface area contributed by atoms with Crippen LogP contribution in [-0.2, 0) is 14.6 Å². The van der Waals surface area contributed by atoms with E-state index in [0.717, 1.165) is 6.26 Å². The van der Waals surface area contributed by atoms with Gasteiger partial charge in [-0.15, -0.1) is 0 Å². The third-order valence-corrected chi connectivity index (χ3v) is 4.70. The molecule has 2 rings (SSSR count). The first-order valence-corrected chi connectivity index (χ1v) is 9.27. The van der Waals surface area contributed by atoms with Crippen molar-refractivity contribution in [3.05, 3.63) is 64.7 Å². The maximum absolute atomic E-state index is 12.3. The molecular formula is C17H15ClO5S. The smallest absolute Gasteiger partial charge is 0.340 e. The van der Waals surface area contributed by atoms with Gasteiger partial charge in [0.2, 0.25) is 5.78 Å². The predicted octanol–water partition coefficient (Wildman–Crippen LogP) is 3.17. The van der Waals surface area contributed by atoms with Gasteiger partial charge >= 0.3 is 5.97 Å². The molecular weight excluding hydrogens is 352 g/mol. The van der Waals surface area contributed by atoms with E-state index >= 15 is 0 Å². The van der Waals surface area contributed by atoms with Gasteiger partial charge in [-0.05, 0) is 43.3 Å². The summed E-state index contributed by atoms with van der Waals surface area (Å²) in [5.74, 6) is -1.28. The zero-order valence-electron chi connectivity index (χ0n) is 13.0. The molecule has 2 aromatic rings. The van der Waals surface area contributed by atoms with Crippen LogP contribution in [0.4, 0.5) is 0 Å². The number of Topliss-reactive ketones (excluding diaryl/α,β-unsaturated/α-hetero) is 1. The highest BCUT2D eigenvalue weighted by molar-refractivity contribution is 7.90. The highest BCUT2D eigenvalue weighted by Crippen LogP contribution is 2.18. The van der Waals surface area contributed by atoms with Crippen molar-refractivity contribution >= 4 is 33.2 Å². The summed E-state index contributed by atoms with van der Waals surface area (Å²) < 4.78 is 28.6. The number of ketones is 1. The van der Waals surface area contributed by atoms with Crippen molar-refractivity contribution in [1.82, 2.24) is 0 Å². The lowest BCUT2D eigenvalue weighted by Gasteiger charge is -2.14. The summed E-state index contributed by atoms with van der Waals surface area (Å²) in [6.07, 6.45) is -0.0622. The monoisotopic (exact) mass is 366 g/mol. The first-order chi connectivity index (χ1) is 11.2. The molecule has 0 saturated heterocycles. The Balaban J connectivity index is 2.21. The molecule has 5 nitrogen and oxygen atoms in total. The fourth-order valence-electron chi connectivity index (χ4n) is 2.09. The van der Waals surface area contributed by atoms with Crippen LogP contribution in [0.1, 0.15) is 27.6 Å². The van der Waals surface area contributed by atoms with Crippen LogP contribution < -0.4 is 0 Å². The van der Waals surface area contributed by atoms with E-state index in [1.54, 1.807) is 12.1 Å². The Morgan fingerprint density at radius 1 is 1.04 bits per heavy atom. The van der Waals surface area contributed by atoms with Crippen molar-refractivity contribution in [2.45, 2.75) is 17.9 Å². The predicted molar refractivity (Wildman–Crippen MR) is 90.2 cm³/mol. The molecule has 126 valence electrons. The molecule has 0 aliphatic heterocycles. The van der Waals surface area contributed by atoms with E-state index in [0.29, 0.717) is 10.6 Å². The lowest BCUT2D eigenvalue weighted by Crippen LogP contribution is -2.25. The Morgan fingerprint density at radius 2 is 1.62 bits per heavy atom. The van der Waals surface area contributed by atoms with Gasteiger partial charge in [0.25, 0.3) is 0 Å². The van der Waals surface area contributed by atoms with Crippen molar-refractivity contribution < 1.29 is 22.7 Å². The molecule has 0 bridgehead atoms. The molecule has 0 aliphatic rings. The minimum atomic E-state index is -3.59. The van der Waals surface area contributed by atoms with Crippen LogP contribution in [-0.4, -0.2) is 32.5 Å². The van der Waals surface area contributed by atoms with Gasteiger partial charge in [0.1, 0.15) is 0 Å². The highest BCUT2D eigenvalue weighted by Gasteiger charge is 2.24. The lowest BCUT2D eigenvalue weighted by molar-refractivity contribution is 0.0315. The number of esters is 1. The molecule has 0 radical (unpaired) electrons. The van der Waals surface area contributed by atoms with Crippen molar-refractivity contribution in [3.63, 3.8) is 0 Å². The number of rotatable bonds is 5. The molecule has 1 atom stereocenters. The molecule has 0 aliphatic carbocycles. The first-order valence-electron chi connectivity index (χ1n) is 7.00. The Bertz CT molecular complexity index is 872. The first kappa shape index (κ1) is 18.2. The summed E-state index contributed by atoms with van der Waals surface area (Å²) in [7, 11) is -3.59. The number of hydrogen-bond acceptors (Lipinski definition) is 5. The average Bonchev–Trinajstić information content (AvgIpc) is 2.54. The van der Waals surface area contributed by atoms with Crippen LogP contribution in [0.15, 0.2) is 53.4 Å². The van der Waals surface area contributed by atoms with Gasteiger partial charge in [-0.2, -0.15) is 0 Å².